The molecule has 0 saturated carbocycles. The van der Waals surface area contributed by atoms with Gasteiger partial charge in [-0.2, -0.15) is 0 Å². The molecule has 268 valence electrons. The van der Waals surface area contributed by atoms with Crippen LogP contribution in [-0.4, -0.2) is 91.2 Å². The van der Waals surface area contributed by atoms with Gasteiger partial charge in [-0.3, -0.25) is 24.5 Å². The van der Waals surface area contributed by atoms with Gasteiger partial charge in [0.25, 0.3) is 0 Å². The zero-order valence-electron chi connectivity index (χ0n) is 34.2. The molecule has 0 bridgehead atoms. The van der Waals surface area contributed by atoms with Crippen LogP contribution >= 0.6 is 0 Å². The number of carbonyl (C=O) groups excluding carboxylic acids is 2. The first kappa shape index (κ1) is 32.1. The fraction of sp³-hybridized carbons (Fsp3) is 0.706. The van der Waals surface area contributed by atoms with Gasteiger partial charge in [0, 0.05) is 46.9 Å². The lowest BCUT2D eigenvalue weighted by molar-refractivity contribution is -0.146. The molecule has 2 amide bonds. The largest absolute Gasteiger partial charge is 0.493 e. The van der Waals surface area contributed by atoms with E-state index >= 15 is 0 Å². The Balaban J connectivity index is 3.49. The van der Waals surface area contributed by atoms with Crippen molar-refractivity contribution >= 4 is 23.8 Å². The second kappa shape index (κ2) is 20.1. The van der Waals surface area contributed by atoms with Crippen molar-refractivity contribution in [2.75, 3.05) is 34.0 Å². The topological polar surface area (TPSA) is 207 Å². The van der Waals surface area contributed by atoms with E-state index in [1.54, 1.807) is 27.0 Å². The normalized spacial score (nSPS) is 17.5. The number of nitrogens with one attached hydrogen (secondary N) is 2. The number of nitrogens with two attached hydrogens (primary N) is 1. The molecule has 0 fully saturated rings. The summed E-state index contributed by atoms with van der Waals surface area (Å²) in [4.78, 5) is 49.6. The third-order valence-corrected chi connectivity index (χ3v) is 8.12. The monoisotopic (exact) mass is 673 g/mol. The van der Waals surface area contributed by atoms with Crippen molar-refractivity contribution in [1.29, 1.82) is 0 Å². The molecule has 0 saturated heterocycles. The Morgan fingerprint density at radius 1 is 1.00 bits per heavy atom. The lowest BCUT2D eigenvalue weighted by atomic mass is 9.80. The number of aliphatic carboxylic acids is 2. The van der Waals surface area contributed by atoms with Crippen LogP contribution in [0.4, 0.5) is 0 Å². The van der Waals surface area contributed by atoms with E-state index in [2.05, 4.69) is 10.6 Å². The molecular formula is C34H57N3O10. The molecule has 0 aromatic heterocycles. The van der Waals surface area contributed by atoms with Crippen LogP contribution in [0.3, 0.4) is 0 Å². The maximum absolute atomic E-state index is 13.5. The quantitative estimate of drug-likeness (QED) is 0.0880. The molecule has 0 aliphatic rings. The lowest BCUT2D eigenvalue weighted by Crippen LogP contribution is -2.52. The van der Waals surface area contributed by atoms with Crippen LogP contribution in [0.1, 0.15) is 80.9 Å². The zero-order valence-corrected chi connectivity index (χ0v) is 28.2. The Bertz CT molecular complexity index is 1350. The van der Waals surface area contributed by atoms with Gasteiger partial charge in [-0.15, -0.1) is 0 Å². The first-order valence-electron chi connectivity index (χ1n) is 18.7. The second-order valence-electron chi connectivity index (χ2n) is 12.5. The van der Waals surface area contributed by atoms with E-state index in [9.17, 15) is 34.5 Å². The predicted molar refractivity (Wildman–Crippen MR) is 177 cm³/mol. The van der Waals surface area contributed by atoms with Crippen LogP contribution in [-0.2, 0) is 30.3 Å². The number of hydrogen-bond donors (Lipinski definition) is 6. The summed E-state index contributed by atoms with van der Waals surface area (Å²) in [7, 11) is 3.10. The van der Waals surface area contributed by atoms with Crippen molar-refractivity contribution in [2.24, 2.45) is 34.8 Å². The molecule has 0 heterocycles. The van der Waals surface area contributed by atoms with E-state index in [1.165, 1.54) is 7.11 Å². The number of amides is 2. The number of carboxylic acid groups (broad SMARTS) is 2. The fourth-order valence-electron chi connectivity index (χ4n) is 5.10. The molecule has 7 N–H and O–H groups in total. The molecule has 5 atom stereocenters. The highest BCUT2D eigenvalue weighted by Gasteiger charge is 2.35. The Morgan fingerprint density at radius 2 is 1.68 bits per heavy atom. The summed E-state index contributed by atoms with van der Waals surface area (Å²) in [6.45, 7) is 0.0653. The van der Waals surface area contributed by atoms with E-state index < -0.39 is 85.9 Å². The summed E-state index contributed by atoms with van der Waals surface area (Å²) in [5.74, 6) is -6.22. The highest BCUT2D eigenvalue weighted by Crippen LogP contribution is 2.32. The van der Waals surface area contributed by atoms with E-state index in [-0.39, 0.29) is 24.7 Å². The van der Waals surface area contributed by atoms with Crippen molar-refractivity contribution in [2.45, 2.75) is 91.7 Å². The molecule has 0 aliphatic carbocycles. The first-order chi connectivity index (χ1) is 24.4. The third kappa shape index (κ3) is 14.5. The summed E-state index contributed by atoms with van der Waals surface area (Å²) in [6, 6.07) is 2.77. The van der Waals surface area contributed by atoms with Gasteiger partial charge < -0.3 is 40.6 Å². The number of rotatable bonds is 24. The van der Waals surface area contributed by atoms with Crippen molar-refractivity contribution < 1.29 is 56.9 Å². The standard InChI is InChI=1S/C34H57N3O10/c1-20(2)23(14-22-10-11-28(46-8)29(15-22)47-13-9-12-45-7)16-25(37-26(32(42)43)18-30(39)40)27(38)17-24(21(3)4)31(41)36-19-34(5,6)33(35)44/h10-11,15,20-21,23-27,37-38H,9,12-14,16-19H2,1-8H3,(H2,35,44)(H,36,41)(H,39,40)(H,42,43)/t23-,24-,25-,26?,27-/m0/s1/i5D3,6D3. The van der Waals surface area contributed by atoms with Crippen LogP contribution in [0.15, 0.2) is 18.2 Å². The average Bonchev–Trinajstić information content (AvgIpc) is 3.02. The van der Waals surface area contributed by atoms with Crippen LogP contribution < -0.4 is 25.8 Å². The van der Waals surface area contributed by atoms with Crippen LogP contribution in [0.25, 0.3) is 0 Å². The number of hydrogen-bond acceptors (Lipinski definition) is 9. The lowest BCUT2D eigenvalue weighted by Gasteiger charge is -2.34. The number of benzene rings is 1. The van der Waals surface area contributed by atoms with Gasteiger partial charge in [-0.05, 0) is 68.4 Å². The van der Waals surface area contributed by atoms with Crippen LogP contribution in [0, 0.1) is 29.1 Å². The second-order valence-corrected chi connectivity index (χ2v) is 12.5. The van der Waals surface area contributed by atoms with Gasteiger partial charge in [0.15, 0.2) is 11.5 Å². The minimum absolute atomic E-state index is 0.0340. The number of primary amides is 1. The van der Waals surface area contributed by atoms with E-state index in [1.807, 2.05) is 26.0 Å². The van der Waals surface area contributed by atoms with E-state index in [0.29, 0.717) is 37.6 Å². The molecule has 1 aromatic rings. The van der Waals surface area contributed by atoms with Crippen LogP contribution in [0.2, 0.25) is 0 Å². The van der Waals surface area contributed by atoms with Gasteiger partial charge in [-0.1, -0.05) is 33.8 Å². The number of ether oxygens (including phenoxy) is 3. The Hall–Kier alpha value is -3.42. The van der Waals surface area contributed by atoms with Gasteiger partial charge in [-0.25, -0.2) is 0 Å². The Kier molecular flexibility index (Phi) is 13.7. The van der Waals surface area contributed by atoms with Gasteiger partial charge in [0.1, 0.15) is 6.04 Å². The first-order valence-corrected chi connectivity index (χ1v) is 15.7. The number of methoxy groups -OCH3 is 2. The molecule has 1 unspecified atom stereocenters. The zero-order chi connectivity index (χ0) is 40.9. The van der Waals surface area contributed by atoms with Gasteiger partial charge in [0.2, 0.25) is 11.8 Å². The minimum atomic E-state index is -3.41. The summed E-state index contributed by atoms with van der Waals surface area (Å²) in [6.07, 6.45) is -1.37. The summed E-state index contributed by atoms with van der Waals surface area (Å²) in [5.41, 5.74) is 3.05. The fourth-order valence-corrected chi connectivity index (χ4v) is 5.10. The maximum atomic E-state index is 13.5. The van der Waals surface area contributed by atoms with Gasteiger partial charge in [0.05, 0.1) is 31.7 Å². The Labute approximate surface area is 287 Å². The molecule has 1 aromatic carbocycles. The number of aliphatic hydroxyl groups is 1. The highest BCUT2D eigenvalue weighted by molar-refractivity contribution is 5.83. The Morgan fingerprint density at radius 3 is 2.19 bits per heavy atom. The summed E-state index contributed by atoms with van der Waals surface area (Å²) in [5, 5.41) is 36.0. The predicted octanol–water partition coefficient (Wildman–Crippen LogP) is 2.85. The average molecular weight is 674 g/mol. The van der Waals surface area contributed by atoms with Crippen molar-refractivity contribution in [3.8, 4) is 11.5 Å². The molecule has 1 rings (SSSR count). The molecule has 0 aliphatic heterocycles. The number of aliphatic hydroxyl groups excluding tert-OH is 1. The SMILES string of the molecule is [2H]C([2H])([2H])C(CNC(=O)[C@@H](C[C@H](O)[C@H](C[C@H](Cc1ccc(OC)c(OCCCOC)c1)C(C)C)NC(CC(=O)O)C(=O)O)C(C)C)(C(N)=O)C([2H])([2H])[2H]. The molecule has 0 radical (unpaired) electrons. The molecule has 13 heteroatoms. The van der Waals surface area contributed by atoms with E-state index in [0.717, 1.165) is 5.56 Å². The summed E-state index contributed by atoms with van der Waals surface area (Å²) < 4.78 is 63.2. The van der Waals surface area contributed by atoms with Gasteiger partial charge >= 0.3 is 11.9 Å². The number of carbonyl (C=O) groups is 4. The smallest absolute Gasteiger partial charge is 0.321 e. The summed E-state index contributed by atoms with van der Waals surface area (Å²) >= 11 is 0. The molecule has 0 spiro atoms. The highest BCUT2D eigenvalue weighted by atomic mass is 16.5. The molecular weight excluding hydrogens is 610 g/mol. The number of carboxylic acids is 2. The minimum Gasteiger partial charge on any atom is -0.493 e. The van der Waals surface area contributed by atoms with Crippen molar-refractivity contribution in [3.05, 3.63) is 23.8 Å². The van der Waals surface area contributed by atoms with E-state index in [4.69, 9.17) is 28.2 Å². The third-order valence-electron chi connectivity index (χ3n) is 8.12. The van der Waals surface area contributed by atoms with Crippen LogP contribution in [0.5, 0.6) is 11.5 Å². The molecule has 13 nitrogen and oxygen atoms in total. The maximum Gasteiger partial charge on any atom is 0.321 e. The molecule has 47 heavy (non-hydrogen) atoms. The van der Waals surface area contributed by atoms with Crippen molar-refractivity contribution in [1.82, 2.24) is 10.6 Å². The van der Waals surface area contributed by atoms with Crippen molar-refractivity contribution in [3.63, 3.8) is 0 Å².